The van der Waals surface area contributed by atoms with E-state index in [-0.39, 0.29) is 16.9 Å². The van der Waals surface area contributed by atoms with Crippen LogP contribution >= 0.6 is 0 Å². The van der Waals surface area contributed by atoms with Crippen LogP contribution in [-0.4, -0.2) is 22.2 Å². The zero-order chi connectivity index (χ0) is 12.5. The van der Waals surface area contributed by atoms with E-state index in [9.17, 15) is 9.59 Å². The Balaban J connectivity index is 3.15. The Morgan fingerprint density at radius 1 is 1.25 bits per heavy atom. The second-order valence-corrected chi connectivity index (χ2v) is 4.81. The molecule has 1 heterocycles. The molecule has 16 heavy (non-hydrogen) atoms. The third kappa shape index (κ3) is 2.85. The van der Waals surface area contributed by atoms with Gasteiger partial charge < -0.3 is 14.6 Å². The summed E-state index contributed by atoms with van der Waals surface area (Å²) in [5, 5.41) is 17.6. The molecule has 0 bridgehead atoms. The monoisotopic (exact) mass is 226 g/mol. The van der Waals surface area contributed by atoms with Gasteiger partial charge in [-0.15, -0.1) is 0 Å². The summed E-state index contributed by atoms with van der Waals surface area (Å²) in [7, 11) is 0. The number of carboxylic acids is 2. The highest BCUT2D eigenvalue weighted by atomic mass is 16.4. The maximum absolute atomic E-state index is 10.9. The lowest BCUT2D eigenvalue weighted by Gasteiger charge is -2.16. The predicted molar refractivity (Wildman–Crippen MR) is 55.8 cm³/mol. The fourth-order valence-electron chi connectivity index (χ4n) is 1.42. The van der Waals surface area contributed by atoms with E-state index in [1.807, 2.05) is 20.8 Å². The van der Waals surface area contributed by atoms with Crippen molar-refractivity contribution >= 4 is 11.9 Å². The van der Waals surface area contributed by atoms with Crippen LogP contribution in [0.15, 0.2) is 10.5 Å². The average Bonchev–Trinajstić information content (AvgIpc) is 2.44. The minimum absolute atomic E-state index is 0.135. The van der Waals surface area contributed by atoms with Crippen molar-refractivity contribution in [2.24, 2.45) is 5.41 Å². The van der Waals surface area contributed by atoms with Crippen molar-refractivity contribution in [1.82, 2.24) is 0 Å². The first-order valence-corrected chi connectivity index (χ1v) is 4.80. The highest BCUT2D eigenvalue weighted by molar-refractivity contribution is 5.90. The average molecular weight is 226 g/mol. The lowest BCUT2D eigenvalue weighted by Crippen LogP contribution is -2.11. The molecular weight excluding hydrogens is 212 g/mol. The lowest BCUT2D eigenvalue weighted by molar-refractivity contribution is 0.0630. The number of rotatable bonds is 3. The van der Waals surface area contributed by atoms with Crippen LogP contribution in [0.1, 0.15) is 47.4 Å². The third-order valence-corrected chi connectivity index (χ3v) is 1.93. The van der Waals surface area contributed by atoms with Gasteiger partial charge in [-0.1, -0.05) is 20.8 Å². The Labute approximate surface area is 92.7 Å². The van der Waals surface area contributed by atoms with Gasteiger partial charge in [-0.05, 0) is 17.9 Å². The summed E-state index contributed by atoms with van der Waals surface area (Å²) in [6.45, 7) is 5.81. The van der Waals surface area contributed by atoms with Gasteiger partial charge in [0.2, 0.25) is 11.5 Å². The highest BCUT2D eigenvalue weighted by Gasteiger charge is 2.24. The van der Waals surface area contributed by atoms with E-state index in [0.717, 1.165) is 0 Å². The van der Waals surface area contributed by atoms with Crippen molar-refractivity contribution in [2.75, 3.05) is 0 Å². The number of hydrogen-bond acceptors (Lipinski definition) is 3. The SMILES string of the molecule is CC(C)(C)Cc1cc(C(=O)O)oc1C(=O)O. The van der Waals surface area contributed by atoms with E-state index < -0.39 is 11.9 Å². The molecule has 0 atom stereocenters. The van der Waals surface area contributed by atoms with Crippen LogP contribution in [0.25, 0.3) is 0 Å². The van der Waals surface area contributed by atoms with Crippen LogP contribution in [0.2, 0.25) is 0 Å². The summed E-state index contributed by atoms with van der Waals surface area (Å²) >= 11 is 0. The number of aromatic carboxylic acids is 2. The Hall–Kier alpha value is -1.78. The number of carbonyl (C=O) groups is 2. The molecule has 0 aliphatic carbocycles. The molecule has 1 aromatic heterocycles. The molecule has 0 aromatic carbocycles. The summed E-state index contributed by atoms with van der Waals surface area (Å²) in [6, 6.07) is 1.27. The first-order valence-electron chi connectivity index (χ1n) is 4.80. The second kappa shape index (κ2) is 4.00. The van der Waals surface area contributed by atoms with Crippen LogP contribution < -0.4 is 0 Å². The predicted octanol–water partition coefficient (Wildman–Crippen LogP) is 2.26. The van der Waals surface area contributed by atoms with Gasteiger partial charge >= 0.3 is 11.9 Å². The van der Waals surface area contributed by atoms with Gasteiger partial charge in [-0.2, -0.15) is 0 Å². The van der Waals surface area contributed by atoms with Crippen molar-refractivity contribution < 1.29 is 24.2 Å². The zero-order valence-electron chi connectivity index (χ0n) is 9.40. The Morgan fingerprint density at radius 3 is 2.19 bits per heavy atom. The van der Waals surface area contributed by atoms with Crippen molar-refractivity contribution in [1.29, 1.82) is 0 Å². The van der Waals surface area contributed by atoms with E-state index >= 15 is 0 Å². The van der Waals surface area contributed by atoms with Crippen LogP contribution in [0.5, 0.6) is 0 Å². The molecule has 5 heteroatoms. The van der Waals surface area contributed by atoms with Gasteiger partial charge in [-0.3, -0.25) is 0 Å². The summed E-state index contributed by atoms with van der Waals surface area (Å²) in [6.07, 6.45) is 0.450. The van der Waals surface area contributed by atoms with Crippen molar-refractivity contribution in [3.63, 3.8) is 0 Å². The number of furan rings is 1. The maximum Gasteiger partial charge on any atom is 0.372 e. The van der Waals surface area contributed by atoms with Gasteiger partial charge in [0.25, 0.3) is 0 Å². The number of hydrogen-bond donors (Lipinski definition) is 2. The van der Waals surface area contributed by atoms with E-state index in [4.69, 9.17) is 14.6 Å². The molecule has 0 unspecified atom stereocenters. The molecule has 0 amide bonds. The molecule has 0 aliphatic heterocycles. The van der Waals surface area contributed by atoms with Gasteiger partial charge in [0, 0.05) is 5.56 Å². The highest BCUT2D eigenvalue weighted by Crippen LogP contribution is 2.25. The van der Waals surface area contributed by atoms with Crippen LogP contribution in [0.3, 0.4) is 0 Å². The molecule has 1 rings (SSSR count). The maximum atomic E-state index is 10.9. The van der Waals surface area contributed by atoms with Gasteiger partial charge in [0.1, 0.15) is 0 Å². The van der Waals surface area contributed by atoms with Crippen molar-refractivity contribution in [3.8, 4) is 0 Å². The molecule has 5 nitrogen and oxygen atoms in total. The van der Waals surface area contributed by atoms with Crippen molar-refractivity contribution in [3.05, 3.63) is 23.2 Å². The summed E-state index contributed by atoms with van der Waals surface area (Å²) < 4.78 is 4.78. The molecule has 88 valence electrons. The fourth-order valence-corrected chi connectivity index (χ4v) is 1.42. The molecule has 0 spiro atoms. The van der Waals surface area contributed by atoms with Gasteiger partial charge in [0.15, 0.2) is 0 Å². The molecule has 0 saturated heterocycles. The van der Waals surface area contributed by atoms with Crippen LogP contribution in [0.4, 0.5) is 0 Å². The standard InChI is InChI=1S/C11H14O5/c1-11(2,3)5-6-4-7(9(12)13)16-8(6)10(14)15/h4H,5H2,1-3H3,(H,12,13)(H,14,15). The molecule has 0 saturated carbocycles. The topological polar surface area (TPSA) is 87.7 Å². The molecule has 0 aliphatic rings. The Kier molecular flexibility index (Phi) is 3.07. The lowest BCUT2D eigenvalue weighted by atomic mass is 9.88. The molecule has 2 N–H and O–H groups in total. The summed E-state index contributed by atoms with van der Waals surface area (Å²) in [4.78, 5) is 21.5. The summed E-state index contributed by atoms with van der Waals surface area (Å²) in [5.41, 5.74) is 0.279. The van der Waals surface area contributed by atoms with Crippen LogP contribution in [-0.2, 0) is 6.42 Å². The second-order valence-electron chi connectivity index (χ2n) is 4.81. The summed E-state index contributed by atoms with van der Waals surface area (Å²) in [5.74, 6) is -3.13. The van der Waals surface area contributed by atoms with Crippen LogP contribution in [0, 0.1) is 5.41 Å². The fraction of sp³-hybridized carbons (Fsp3) is 0.455. The van der Waals surface area contributed by atoms with Crippen molar-refractivity contribution in [2.45, 2.75) is 27.2 Å². The Morgan fingerprint density at radius 2 is 1.81 bits per heavy atom. The quantitative estimate of drug-likeness (QED) is 0.825. The van der Waals surface area contributed by atoms with E-state index in [2.05, 4.69) is 0 Å². The first kappa shape index (κ1) is 12.3. The minimum Gasteiger partial charge on any atom is -0.475 e. The normalized spacial score (nSPS) is 11.4. The first-order chi connectivity index (χ1) is 7.20. The van der Waals surface area contributed by atoms with Gasteiger partial charge in [-0.25, -0.2) is 9.59 Å². The Bertz CT molecular complexity index is 422. The molecule has 0 fully saturated rings. The van der Waals surface area contributed by atoms with E-state index in [1.54, 1.807) is 0 Å². The molecule has 0 radical (unpaired) electrons. The van der Waals surface area contributed by atoms with E-state index in [0.29, 0.717) is 12.0 Å². The number of carboxylic acid groups (broad SMARTS) is 2. The molecule has 1 aromatic rings. The zero-order valence-corrected chi connectivity index (χ0v) is 9.40. The third-order valence-electron chi connectivity index (χ3n) is 1.93. The van der Waals surface area contributed by atoms with Gasteiger partial charge in [0.05, 0.1) is 0 Å². The van der Waals surface area contributed by atoms with E-state index in [1.165, 1.54) is 6.07 Å². The largest absolute Gasteiger partial charge is 0.475 e. The minimum atomic E-state index is -1.26. The smallest absolute Gasteiger partial charge is 0.372 e. The molecular formula is C11H14O5.